The van der Waals surface area contributed by atoms with Gasteiger partial charge in [0.2, 0.25) is 5.76 Å². The van der Waals surface area contributed by atoms with Crippen molar-refractivity contribution in [3.05, 3.63) is 50.8 Å². The van der Waals surface area contributed by atoms with E-state index in [1.54, 1.807) is 13.0 Å². The molecule has 0 atom stereocenters. The van der Waals surface area contributed by atoms with Crippen molar-refractivity contribution < 1.29 is 14.3 Å². The molecule has 100 valence electrons. The molecule has 0 fully saturated rings. The van der Waals surface area contributed by atoms with E-state index in [4.69, 9.17) is 21.1 Å². The van der Waals surface area contributed by atoms with Crippen molar-refractivity contribution in [3.8, 4) is 0 Å². The van der Waals surface area contributed by atoms with Crippen LogP contribution in [0.5, 0.6) is 0 Å². The lowest BCUT2D eigenvalue weighted by molar-refractivity contribution is 0.0661. The third kappa shape index (κ3) is 3.30. The summed E-state index contributed by atoms with van der Waals surface area (Å²) in [7, 11) is 0. The van der Waals surface area contributed by atoms with Gasteiger partial charge >= 0.3 is 5.97 Å². The van der Waals surface area contributed by atoms with Crippen LogP contribution in [-0.2, 0) is 6.54 Å². The number of carboxylic acid groups (broad SMARTS) is 1. The van der Waals surface area contributed by atoms with Gasteiger partial charge in [-0.15, -0.1) is 0 Å². The van der Waals surface area contributed by atoms with Crippen molar-refractivity contribution in [1.82, 2.24) is 0 Å². The summed E-state index contributed by atoms with van der Waals surface area (Å²) < 4.78 is 6.03. The molecule has 6 heteroatoms. The first-order chi connectivity index (χ1) is 8.97. The predicted octanol–water partition coefficient (Wildman–Crippen LogP) is 4.31. The lowest BCUT2D eigenvalue weighted by atomic mass is 10.2. The van der Waals surface area contributed by atoms with Crippen molar-refractivity contribution >= 4 is 39.2 Å². The maximum absolute atomic E-state index is 10.8. The fourth-order valence-corrected chi connectivity index (χ4v) is 2.36. The predicted molar refractivity (Wildman–Crippen MR) is 76.9 cm³/mol. The Balaban J connectivity index is 2.12. The molecule has 0 unspecified atom stereocenters. The van der Waals surface area contributed by atoms with Crippen LogP contribution in [0.15, 0.2) is 33.2 Å². The lowest BCUT2D eigenvalue weighted by Crippen LogP contribution is -2.00. The minimum Gasteiger partial charge on any atom is -0.475 e. The first kappa shape index (κ1) is 14.0. The molecule has 2 N–H and O–H groups in total. The van der Waals surface area contributed by atoms with Crippen LogP contribution in [0.25, 0.3) is 0 Å². The number of rotatable bonds is 4. The zero-order valence-electron chi connectivity index (χ0n) is 10.0. The van der Waals surface area contributed by atoms with Crippen LogP contribution in [-0.4, -0.2) is 11.1 Å². The Bertz CT molecular complexity index is 624. The van der Waals surface area contributed by atoms with E-state index in [0.717, 1.165) is 15.7 Å². The summed E-state index contributed by atoms with van der Waals surface area (Å²) in [5.74, 6) is -0.551. The Labute approximate surface area is 123 Å². The Kier molecular flexibility index (Phi) is 4.17. The van der Waals surface area contributed by atoms with Gasteiger partial charge in [0.25, 0.3) is 0 Å². The smallest absolute Gasteiger partial charge is 0.371 e. The molecule has 0 aliphatic heterocycles. The number of carboxylic acids is 1. The van der Waals surface area contributed by atoms with Crippen LogP contribution in [0.3, 0.4) is 0 Å². The van der Waals surface area contributed by atoms with E-state index >= 15 is 0 Å². The largest absolute Gasteiger partial charge is 0.475 e. The average molecular weight is 345 g/mol. The zero-order valence-corrected chi connectivity index (χ0v) is 12.4. The van der Waals surface area contributed by atoms with E-state index in [1.165, 1.54) is 6.07 Å². The summed E-state index contributed by atoms with van der Waals surface area (Å²) in [6, 6.07) is 7.02. The molecule has 0 aliphatic carbocycles. The van der Waals surface area contributed by atoms with Gasteiger partial charge in [-0.1, -0.05) is 27.5 Å². The Morgan fingerprint density at radius 2 is 2.21 bits per heavy atom. The maximum atomic E-state index is 10.8. The maximum Gasteiger partial charge on any atom is 0.371 e. The first-order valence-corrected chi connectivity index (χ1v) is 6.66. The second-order valence-electron chi connectivity index (χ2n) is 3.97. The molecule has 1 aromatic heterocycles. The topological polar surface area (TPSA) is 62.5 Å². The van der Waals surface area contributed by atoms with E-state index in [2.05, 4.69) is 21.2 Å². The monoisotopic (exact) mass is 343 g/mol. The highest BCUT2D eigenvalue weighted by Crippen LogP contribution is 2.26. The Hall–Kier alpha value is -1.46. The number of anilines is 1. The van der Waals surface area contributed by atoms with Gasteiger partial charge in [-0.3, -0.25) is 0 Å². The number of hydrogen-bond acceptors (Lipinski definition) is 3. The number of carbonyl (C=O) groups is 1. The molecule has 0 saturated heterocycles. The molecule has 1 heterocycles. The molecular weight excluding hydrogens is 334 g/mol. The van der Waals surface area contributed by atoms with Crippen LogP contribution < -0.4 is 5.32 Å². The normalized spacial score (nSPS) is 10.5. The fraction of sp³-hybridized carbons (Fsp3) is 0.154. The van der Waals surface area contributed by atoms with E-state index < -0.39 is 5.97 Å². The number of aromatic carboxylic acids is 1. The van der Waals surface area contributed by atoms with Gasteiger partial charge in [0.15, 0.2) is 0 Å². The van der Waals surface area contributed by atoms with Crippen molar-refractivity contribution in [2.45, 2.75) is 13.5 Å². The van der Waals surface area contributed by atoms with Gasteiger partial charge < -0.3 is 14.8 Å². The van der Waals surface area contributed by atoms with Crippen LogP contribution in [0, 0.1) is 6.92 Å². The number of hydrogen-bond donors (Lipinski definition) is 2. The van der Waals surface area contributed by atoms with Crippen molar-refractivity contribution in [1.29, 1.82) is 0 Å². The minimum atomic E-state index is -1.07. The number of nitrogens with one attached hydrogen (secondary N) is 1. The van der Waals surface area contributed by atoms with Crippen molar-refractivity contribution in [3.63, 3.8) is 0 Å². The van der Waals surface area contributed by atoms with Gasteiger partial charge in [-0.2, -0.15) is 0 Å². The third-order valence-electron chi connectivity index (χ3n) is 2.63. The summed E-state index contributed by atoms with van der Waals surface area (Å²) in [5, 5.41) is 12.6. The standard InChI is InChI=1S/C13H11BrClNO3/c1-7-8(4-12(19-7)13(17)18)6-16-11-3-2-9(14)5-10(11)15/h2-5,16H,6H2,1H3,(H,17,18). The van der Waals surface area contributed by atoms with E-state index in [1.807, 2.05) is 12.1 Å². The van der Waals surface area contributed by atoms with Crippen LogP contribution in [0.2, 0.25) is 5.02 Å². The van der Waals surface area contributed by atoms with E-state index in [0.29, 0.717) is 17.3 Å². The number of benzene rings is 1. The molecule has 4 nitrogen and oxygen atoms in total. The van der Waals surface area contributed by atoms with Crippen LogP contribution >= 0.6 is 27.5 Å². The van der Waals surface area contributed by atoms with Gasteiger partial charge in [-0.25, -0.2) is 4.79 Å². The molecule has 19 heavy (non-hydrogen) atoms. The summed E-state index contributed by atoms with van der Waals surface area (Å²) in [4.78, 5) is 10.8. The molecular formula is C13H11BrClNO3. The zero-order chi connectivity index (χ0) is 14.0. The molecule has 2 aromatic rings. The van der Waals surface area contributed by atoms with Gasteiger partial charge in [0.05, 0.1) is 10.7 Å². The molecule has 0 aliphatic rings. The average Bonchev–Trinajstić information content (AvgIpc) is 2.70. The second-order valence-corrected chi connectivity index (χ2v) is 5.30. The van der Waals surface area contributed by atoms with Crippen molar-refractivity contribution in [2.75, 3.05) is 5.32 Å². The number of halogens is 2. The third-order valence-corrected chi connectivity index (χ3v) is 3.44. The highest BCUT2D eigenvalue weighted by Gasteiger charge is 2.13. The summed E-state index contributed by atoms with van der Waals surface area (Å²) >= 11 is 9.41. The van der Waals surface area contributed by atoms with E-state index in [9.17, 15) is 4.79 Å². The second kappa shape index (κ2) is 5.67. The summed E-state index contributed by atoms with van der Waals surface area (Å²) in [6.07, 6.45) is 0. The quantitative estimate of drug-likeness (QED) is 0.867. The lowest BCUT2D eigenvalue weighted by Gasteiger charge is -2.07. The molecule has 0 radical (unpaired) electrons. The SMILES string of the molecule is Cc1oc(C(=O)O)cc1CNc1ccc(Br)cc1Cl. The number of aryl methyl sites for hydroxylation is 1. The van der Waals surface area contributed by atoms with Crippen LogP contribution in [0.4, 0.5) is 5.69 Å². The Morgan fingerprint density at radius 1 is 1.47 bits per heavy atom. The molecule has 2 rings (SSSR count). The Morgan fingerprint density at radius 3 is 2.79 bits per heavy atom. The fourth-order valence-electron chi connectivity index (χ4n) is 1.62. The van der Waals surface area contributed by atoms with Crippen LogP contribution in [0.1, 0.15) is 21.9 Å². The van der Waals surface area contributed by atoms with Gasteiger partial charge in [0.1, 0.15) is 5.76 Å². The highest BCUT2D eigenvalue weighted by molar-refractivity contribution is 9.10. The van der Waals surface area contributed by atoms with Gasteiger partial charge in [-0.05, 0) is 31.2 Å². The van der Waals surface area contributed by atoms with Crippen molar-refractivity contribution in [2.24, 2.45) is 0 Å². The van der Waals surface area contributed by atoms with E-state index in [-0.39, 0.29) is 5.76 Å². The molecule has 0 amide bonds. The molecule has 0 bridgehead atoms. The molecule has 1 aromatic carbocycles. The van der Waals surface area contributed by atoms with Gasteiger partial charge in [0, 0.05) is 16.6 Å². The molecule has 0 spiro atoms. The minimum absolute atomic E-state index is 0.0591. The highest BCUT2D eigenvalue weighted by atomic mass is 79.9. The first-order valence-electron chi connectivity index (χ1n) is 5.49. The number of furan rings is 1. The summed E-state index contributed by atoms with van der Waals surface area (Å²) in [6.45, 7) is 2.18. The molecule has 0 saturated carbocycles. The summed E-state index contributed by atoms with van der Waals surface area (Å²) in [5.41, 5.74) is 1.57.